The fourth-order valence-corrected chi connectivity index (χ4v) is 10.0. The van der Waals surface area contributed by atoms with Crippen molar-refractivity contribution < 1.29 is 31.8 Å². The maximum Gasteiger partial charge on any atom is 0.280 e. The Labute approximate surface area is 294 Å². The van der Waals surface area contributed by atoms with E-state index < -0.39 is 16.0 Å². The Kier molecular flexibility index (Phi) is 10.3. The number of rotatable bonds is 9. The number of aromatic nitrogens is 2. The summed E-state index contributed by atoms with van der Waals surface area (Å²) in [7, 11) is -3.48. The van der Waals surface area contributed by atoms with E-state index in [1.807, 2.05) is 20.8 Å². The molecule has 5 aliphatic rings. The molecule has 5 fully saturated rings. The molecule has 1 aromatic heterocycles. The van der Waals surface area contributed by atoms with Gasteiger partial charge in [0.25, 0.3) is 16.1 Å². The molecule has 15 heteroatoms. The lowest BCUT2D eigenvalue weighted by Crippen LogP contribution is -2.61. The van der Waals surface area contributed by atoms with Gasteiger partial charge in [0, 0.05) is 43.7 Å². The van der Waals surface area contributed by atoms with Gasteiger partial charge in [0.15, 0.2) is 11.6 Å². The number of anilines is 1. The highest BCUT2D eigenvalue weighted by Gasteiger charge is 2.46. The van der Waals surface area contributed by atoms with E-state index in [-0.39, 0.29) is 52.9 Å². The van der Waals surface area contributed by atoms with E-state index in [0.29, 0.717) is 37.9 Å². The molecule has 1 amide bonds. The molecule has 6 heterocycles. The van der Waals surface area contributed by atoms with Crippen molar-refractivity contribution >= 4 is 21.9 Å². The molecule has 0 unspecified atom stereocenters. The van der Waals surface area contributed by atoms with Gasteiger partial charge in [0.2, 0.25) is 0 Å². The van der Waals surface area contributed by atoms with Crippen molar-refractivity contribution in [3.8, 4) is 11.5 Å². The first-order valence-corrected chi connectivity index (χ1v) is 19.5. The molecule has 2 aromatic rings. The number of piperidine rings is 1. The summed E-state index contributed by atoms with van der Waals surface area (Å²) >= 11 is 0. The molecular formula is C35H50FN7O6S. The van der Waals surface area contributed by atoms with Crippen molar-refractivity contribution in [2.24, 2.45) is 5.41 Å². The summed E-state index contributed by atoms with van der Waals surface area (Å²) in [6.07, 6.45) is 8.74. The topological polar surface area (TPSA) is 130 Å². The number of halogens is 1. The van der Waals surface area contributed by atoms with E-state index in [1.54, 1.807) is 15.4 Å². The smallest absolute Gasteiger partial charge is 0.280 e. The molecule has 0 radical (unpaired) electrons. The van der Waals surface area contributed by atoms with E-state index in [1.165, 1.54) is 24.5 Å². The second kappa shape index (κ2) is 14.6. The van der Waals surface area contributed by atoms with Gasteiger partial charge in [0.1, 0.15) is 17.9 Å². The largest absolute Gasteiger partial charge is 0.451 e. The zero-order valence-electron chi connectivity index (χ0n) is 29.3. The summed E-state index contributed by atoms with van der Waals surface area (Å²) in [6, 6.07) is 3.58. The van der Waals surface area contributed by atoms with Crippen molar-refractivity contribution in [2.75, 3.05) is 64.0 Å². The molecule has 5 atom stereocenters. The van der Waals surface area contributed by atoms with Crippen LogP contribution in [0.25, 0.3) is 0 Å². The minimum Gasteiger partial charge on any atom is -0.451 e. The third-order valence-electron chi connectivity index (χ3n) is 11.2. The number of hydrogen-bond donors (Lipinski definition) is 1. The number of nitrogens with one attached hydrogen (secondary N) is 1. The minimum absolute atomic E-state index is 0.0479. The molecule has 13 nitrogen and oxygen atoms in total. The van der Waals surface area contributed by atoms with Crippen LogP contribution in [0, 0.1) is 11.2 Å². The van der Waals surface area contributed by atoms with Crippen molar-refractivity contribution in [2.45, 2.75) is 89.6 Å². The van der Waals surface area contributed by atoms with Gasteiger partial charge < -0.3 is 28.9 Å². The zero-order valence-corrected chi connectivity index (χ0v) is 30.1. The Bertz CT molecular complexity index is 1620. The van der Waals surface area contributed by atoms with Crippen molar-refractivity contribution in [1.29, 1.82) is 0 Å². The van der Waals surface area contributed by atoms with Crippen LogP contribution in [-0.2, 0) is 19.7 Å². The van der Waals surface area contributed by atoms with Gasteiger partial charge in [0.05, 0.1) is 49.8 Å². The standard InChI is InChI=1S/C35H50FN7O6S/c1-24-5-4-12-42(24)50(45,46)39-28-7-8-29(48-20-28)17-40-13-10-35(11-14-40)21-41(22-35)33-32(16-37-23-38-33)49-31-9-6-27(36)15-30(31)34(44)43-25(2)18-47-19-26(43)3/h6,9,15-16,23-26,28-29,39H,4-5,7-8,10-14,17-22H2,1-3H3/t24-,25-,26-,28-,29+/m1/s1. The second-order valence-electron chi connectivity index (χ2n) is 15.0. The van der Waals surface area contributed by atoms with Gasteiger partial charge in [-0.1, -0.05) is 0 Å². The van der Waals surface area contributed by atoms with Crippen molar-refractivity contribution in [1.82, 2.24) is 28.8 Å². The van der Waals surface area contributed by atoms with Crippen molar-refractivity contribution in [3.63, 3.8) is 0 Å². The molecule has 1 N–H and O–H groups in total. The molecule has 0 saturated carbocycles. The summed E-state index contributed by atoms with van der Waals surface area (Å²) in [4.78, 5) is 28.8. The van der Waals surface area contributed by atoms with Crippen LogP contribution in [0.4, 0.5) is 10.2 Å². The molecule has 0 bridgehead atoms. The quantitative estimate of drug-likeness (QED) is 0.413. The van der Waals surface area contributed by atoms with Crippen LogP contribution in [-0.4, -0.2) is 128 Å². The average Bonchev–Trinajstić information content (AvgIpc) is 3.53. The molecule has 50 heavy (non-hydrogen) atoms. The molecule has 0 aliphatic carbocycles. The number of benzene rings is 1. The van der Waals surface area contributed by atoms with E-state index >= 15 is 0 Å². The lowest BCUT2D eigenvalue weighted by Gasteiger charge is -2.54. The Balaban J connectivity index is 0.911. The summed E-state index contributed by atoms with van der Waals surface area (Å²) in [5.41, 5.74) is 0.338. The number of nitrogens with zero attached hydrogens (tertiary/aromatic N) is 6. The van der Waals surface area contributed by atoms with E-state index in [4.69, 9.17) is 14.2 Å². The first-order valence-electron chi connectivity index (χ1n) is 18.1. The number of ether oxygens (including phenoxy) is 3. The van der Waals surface area contributed by atoms with Crippen LogP contribution in [0.2, 0.25) is 0 Å². The van der Waals surface area contributed by atoms with Crippen LogP contribution >= 0.6 is 0 Å². The lowest BCUT2D eigenvalue weighted by atomic mass is 9.72. The maximum atomic E-state index is 14.5. The van der Waals surface area contributed by atoms with Gasteiger partial charge in [-0.25, -0.2) is 14.4 Å². The summed E-state index contributed by atoms with van der Waals surface area (Å²) < 4.78 is 62.7. The molecule has 7 rings (SSSR count). The van der Waals surface area contributed by atoms with Crippen LogP contribution in [0.3, 0.4) is 0 Å². The Morgan fingerprint density at radius 1 is 1.02 bits per heavy atom. The van der Waals surface area contributed by atoms with Gasteiger partial charge in [-0.15, -0.1) is 0 Å². The summed E-state index contributed by atoms with van der Waals surface area (Å²) in [5, 5.41) is 0. The number of carbonyl (C=O) groups is 1. The van der Waals surface area contributed by atoms with Gasteiger partial charge in [-0.05, 0) is 90.6 Å². The number of carbonyl (C=O) groups excluding carboxylic acids is 1. The summed E-state index contributed by atoms with van der Waals surface area (Å²) in [6.45, 7) is 12.1. The molecule has 1 spiro atoms. The first kappa shape index (κ1) is 35.5. The van der Waals surface area contributed by atoms with Crippen LogP contribution in [0.5, 0.6) is 11.5 Å². The fourth-order valence-electron chi connectivity index (χ4n) is 8.35. The van der Waals surface area contributed by atoms with Crippen LogP contribution in [0.1, 0.15) is 69.7 Å². The SMILES string of the molecule is C[C@@H]1COC[C@@H](C)N1C(=O)c1cc(F)ccc1Oc1cncnc1N1CC2(CCN(C[C@@H]3CC[C@@H](NS(=O)(=O)N4CCC[C@H]4C)CO3)CC2)C1. The average molecular weight is 716 g/mol. The third kappa shape index (κ3) is 7.49. The van der Waals surface area contributed by atoms with E-state index in [9.17, 15) is 17.6 Å². The van der Waals surface area contributed by atoms with Crippen LogP contribution < -0.4 is 14.4 Å². The normalized spacial score (nSPS) is 29.2. The number of likely N-dealkylation sites (tertiary alicyclic amines) is 1. The number of hydrogen-bond acceptors (Lipinski definition) is 10. The lowest BCUT2D eigenvalue weighted by molar-refractivity contribution is -0.0301. The van der Waals surface area contributed by atoms with Crippen LogP contribution in [0.15, 0.2) is 30.7 Å². The Hall–Kier alpha value is -2.95. The fraction of sp³-hybridized carbons (Fsp3) is 0.686. The monoisotopic (exact) mass is 715 g/mol. The van der Waals surface area contributed by atoms with Gasteiger partial charge in [-0.3, -0.25) is 4.79 Å². The molecule has 1 aromatic carbocycles. The first-order chi connectivity index (χ1) is 24.0. The van der Waals surface area contributed by atoms with Gasteiger partial charge >= 0.3 is 0 Å². The van der Waals surface area contributed by atoms with Gasteiger partial charge in [-0.2, -0.15) is 17.4 Å². The second-order valence-corrected chi connectivity index (χ2v) is 16.7. The van der Waals surface area contributed by atoms with E-state index in [2.05, 4.69) is 24.5 Å². The predicted molar refractivity (Wildman–Crippen MR) is 185 cm³/mol. The highest BCUT2D eigenvalue weighted by Crippen LogP contribution is 2.45. The predicted octanol–water partition coefficient (Wildman–Crippen LogP) is 3.43. The zero-order chi connectivity index (χ0) is 35.0. The number of morpholine rings is 1. The third-order valence-corrected chi connectivity index (χ3v) is 13.0. The van der Waals surface area contributed by atoms with E-state index in [0.717, 1.165) is 71.2 Å². The molecular weight excluding hydrogens is 665 g/mol. The highest BCUT2D eigenvalue weighted by atomic mass is 32.2. The molecule has 5 aliphatic heterocycles. The van der Waals surface area contributed by atoms with Crippen molar-refractivity contribution in [3.05, 3.63) is 42.1 Å². The molecule has 5 saturated heterocycles. The number of amides is 1. The maximum absolute atomic E-state index is 14.5. The highest BCUT2D eigenvalue weighted by molar-refractivity contribution is 7.87. The Morgan fingerprint density at radius 2 is 1.78 bits per heavy atom. The molecule has 274 valence electrons. The Morgan fingerprint density at radius 3 is 2.46 bits per heavy atom. The summed E-state index contributed by atoms with van der Waals surface area (Å²) in [5.74, 6) is 0.532. The minimum atomic E-state index is -3.48.